The molecular formula is C21H25ClN4O3S. The summed E-state index contributed by atoms with van der Waals surface area (Å²) in [4.78, 5) is 4.68. The Morgan fingerprint density at radius 2 is 1.83 bits per heavy atom. The summed E-state index contributed by atoms with van der Waals surface area (Å²) in [5, 5.41) is 7.86. The Morgan fingerprint density at radius 3 is 2.50 bits per heavy atom. The molecule has 3 rings (SSSR count). The van der Waals surface area contributed by atoms with Gasteiger partial charge in [0.25, 0.3) is 0 Å². The van der Waals surface area contributed by atoms with Crippen LogP contribution in [0.15, 0.2) is 47.4 Å². The van der Waals surface area contributed by atoms with Gasteiger partial charge >= 0.3 is 0 Å². The third kappa shape index (κ3) is 4.61. The number of halogens is 1. The van der Waals surface area contributed by atoms with Gasteiger partial charge in [-0.05, 0) is 43.3 Å². The van der Waals surface area contributed by atoms with Crippen molar-refractivity contribution >= 4 is 43.9 Å². The van der Waals surface area contributed by atoms with E-state index in [-0.39, 0.29) is 4.90 Å². The number of ether oxygens (including phenoxy) is 1. The molecule has 0 radical (unpaired) electrons. The first kappa shape index (κ1) is 22.1. The van der Waals surface area contributed by atoms with Crippen LogP contribution in [0.3, 0.4) is 0 Å². The molecule has 0 aliphatic heterocycles. The summed E-state index contributed by atoms with van der Waals surface area (Å²) in [7, 11) is 1.08. The van der Waals surface area contributed by atoms with Gasteiger partial charge in [-0.3, -0.25) is 0 Å². The lowest BCUT2D eigenvalue weighted by molar-refractivity contribution is 0.415. The Morgan fingerprint density at radius 1 is 1.07 bits per heavy atom. The highest BCUT2D eigenvalue weighted by molar-refractivity contribution is 7.89. The number of hydrogen-bond donors (Lipinski definition) is 2. The SMILES string of the molecule is CCNc1ccc(S(=O)(=O)N(C)C)cc1NCc1cc2ccc(OC)cc2nc1Cl. The van der Waals surface area contributed by atoms with Gasteiger partial charge in [0.05, 0.1) is 28.9 Å². The first-order valence-electron chi connectivity index (χ1n) is 9.43. The molecule has 2 aromatic carbocycles. The highest BCUT2D eigenvalue weighted by Gasteiger charge is 2.19. The van der Waals surface area contributed by atoms with Gasteiger partial charge in [-0.25, -0.2) is 17.7 Å². The summed E-state index contributed by atoms with van der Waals surface area (Å²) in [6, 6.07) is 12.6. The van der Waals surface area contributed by atoms with E-state index in [4.69, 9.17) is 16.3 Å². The van der Waals surface area contributed by atoms with Gasteiger partial charge in [0.2, 0.25) is 10.0 Å². The van der Waals surface area contributed by atoms with Gasteiger partial charge in [-0.1, -0.05) is 11.6 Å². The lowest BCUT2D eigenvalue weighted by Crippen LogP contribution is -2.22. The standard InChI is InChI=1S/C21H25ClN4O3S/c1-5-23-18-9-8-17(30(27,28)26(2)3)12-20(18)24-13-15-10-14-6-7-16(29-4)11-19(14)25-21(15)22/h6-12,23-24H,5,13H2,1-4H3. The van der Waals surface area contributed by atoms with Crippen molar-refractivity contribution < 1.29 is 13.2 Å². The molecule has 0 fully saturated rings. The molecule has 160 valence electrons. The second kappa shape index (κ2) is 9.07. The van der Waals surface area contributed by atoms with Gasteiger partial charge in [0.1, 0.15) is 10.9 Å². The number of sulfonamides is 1. The molecule has 0 aliphatic carbocycles. The molecule has 2 N–H and O–H groups in total. The zero-order chi connectivity index (χ0) is 21.9. The average Bonchev–Trinajstić information content (AvgIpc) is 2.72. The number of nitrogens with one attached hydrogen (secondary N) is 2. The van der Waals surface area contributed by atoms with Gasteiger partial charge in [0, 0.05) is 44.2 Å². The highest BCUT2D eigenvalue weighted by Crippen LogP contribution is 2.29. The Kier molecular flexibility index (Phi) is 6.70. The Hall–Kier alpha value is -2.55. The van der Waals surface area contributed by atoms with E-state index in [1.165, 1.54) is 18.4 Å². The topological polar surface area (TPSA) is 83.6 Å². The maximum atomic E-state index is 12.5. The van der Waals surface area contributed by atoms with E-state index in [9.17, 15) is 8.42 Å². The van der Waals surface area contributed by atoms with Crippen LogP contribution in [-0.2, 0) is 16.6 Å². The zero-order valence-electron chi connectivity index (χ0n) is 17.4. The van der Waals surface area contributed by atoms with Crippen LogP contribution in [-0.4, -0.2) is 45.5 Å². The lowest BCUT2D eigenvalue weighted by Gasteiger charge is -2.17. The number of fused-ring (bicyclic) bond motifs is 1. The number of pyridine rings is 1. The summed E-state index contributed by atoms with van der Waals surface area (Å²) >= 11 is 6.40. The molecule has 0 atom stereocenters. The number of aromatic nitrogens is 1. The summed E-state index contributed by atoms with van der Waals surface area (Å²) in [5.74, 6) is 0.714. The van der Waals surface area contributed by atoms with E-state index in [1.54, 1.807) is 25.3 Å². The summed E-state index contributed by atoms with van der Waals surface area (Å²) < 4.78 is 31.5. The monoisotopic (exact) mass is 448 g/mol. The minimum Gasteiger partial charge on any atom is -0.497 e. The smallest absolute Gasteiger partial charge is 0.242 e. The van der Waals surface area contributed by atoms with Crippen LogP contribution >= 0.6 is 11.6 Å². The molecule has 0 aliphatic rings. The molecule has 0 saturated carbocycles. The third-order valence-electron chi connectivity index (χ3n) is 4.66. The highest BCUT2D eigenvalue weighted by atomic mass is 35.5. The molecule has 0 spiro atoms. The number of anilines is 2. The fourth-order valence-corrected chi connectivity index (χ4v) is 4.13. The summed E-state index contributed by atoms with van der Waals surface area (Å²) in [6.45, 7) is 3.07. The van der Waals surface area contributed by atoms with E-state index in [1.807, 2.05) is 31.2 Å². The second-order valence-electron chi connectivity index (χ2n) is 6.88. The van der Waals surface area contributed by atoms with Crippen molar-refractivity contribution in [2.45, 2.75) is 18.4 Å². The van der Waals surface area contributed by atoms with E-state index in [0.29, 0.717) is 29.7 Å². The van der Waals surface area contributed by atoms with Crippen LogP contribution in [0.4, 0.5) is 11.4 Å². The minimum absolute atomic E-state index is 0.214. The van der Waals surface area contributed by atoms with Crippen molar-refractivity contribution in [3.8, 4) is 5.75 Å². The molecule has 30 heavy (non-hydrogen) atoms. The van der Waals surface area contributed by atoms with Crippen molar-refractivity contribution in [2.24, 2.45) is 0 Å². The Balaban J connectivity index is 1.93. The molecule has 9 heteroatoms. The quantitative estimate of drug-likeness (QED) is 0.503. The Labute approximate surface area is 182 Å². The van der Waals surface area contributed by atoms with E-state index in [2.05, 4.69) is 15.6 Å². The fourth-order valence-electron chi connectivity index (χ4n) is 2.99. The number of nitrogens with zero attached hydrogens (tertiary/aromatic N) is 2. The number of hydrogen-bond acceptors (Lipinski definition) is 6. The van der Waals surface area contributed by atoms with Crippen LogP contribution < -0.4 is 15.4 Å². The van der Waals surface area contributed by atoms with Gasteiger partial charge in [0.15, 0.2) is 0 Å². The first-order valence-corrected chi connectivity index (χ1v) is 11.3. The third-order valence-corrected chi connectivity index (χ3v) is 6.80. The summed E-state index contributed by atoms with van der Waals surface area (Å²) in [5.41, 5.74) is 3.03. The normalized spacial score (nSPS) is 11.7. The van der Waals surface area contributed by atoms with Gasteiger partial charge < -0.3 is 15.4 Å². The maximum Gasteiger partial charge on any atom is 0.242 e. The van der Waals surface area contributed by atoms with Crippen molar-refractivity contribution in [2.75, 3.05) is 38.4 Å². The van der Waals surface area contributed by atoms with Crippen molar-refractivity contribution in [3.63, 3.8) is 0 Å². The van der Waals surface area contributed by atoms with E-state index in [0.717, 1.165) is 22.2 Å². The van der Waals surface area contributed by atoms with Crippen LogP contribution in [0.2, 0.25) is 5.15 Å². The van der Waals surface area contributed by atoms with Crippen molar-refractivity contribution in [1.29, 1.82) is 0 Å². The Bertz CT molecular complexity index is 1170. The van der Waals surface area contributed by atoms with Crippen LogP contribution in [0.25, 0.3) is 10.9 Å². The largest absolute Gasteiger partial charge is 0.497 e. The molecule has 0 unspecified atom stereocenters. The predicted molar refractivity (Wildman–Crippen MR) is 122 cm³/mol. The number of benzene rings is 2. The van der Waals surface area contributed by atoms with E-state index < -0.39 is 10.0 Å². The molecule has 0 bridgehead atoms. The minimum atomic E-state index is -3.54. The first-order chi connectivity index (χ1) is 14.3. The molecule has 1 heterocycles. The molecule has 7 nitrogen and oxygen atoms in total. The van der Waals surface area contributed by atoms with Crippen LogP contribution in [0.5, 0.6) is 5.75 Å². The van der Waals surface area contributed by atoms with Crippen molar-refractivity contribution in [3.05, 3.63) is 53.2 Å². The van der Waals surface area contributed by atoms with Gasteiger partial charge in [-0.2, -0.15) is 0 Å². The fraction of sp³-hybridized carbons (Fsp3) is 0.286. The maximum absolute atomic E-state index is 12.5. The second-order valence-corrected chi connectivity index (χ2v) is 9.39. The summed E-state index contributed by atoms with van der Waals surface area (Å²) in [6.07, 6.45) is 0. The molecule has 0 amide bonds. The molecule has 0 saturated heterocycles. The molecule has 3 aromatic rings. The lowest BCUT2D eigenvalue weighted by atomic mass is 10.1. The molecular weight excluding hydrogens is 424 g/mol. The van der Waals surface area contributed by atoms with Crippen molar-refractivity contribution in [1.82, 2.24) is 9.29 Å². The van der Waals surface area contributed by atoms with Crippen LogP contribution in [0, 0.1) is 0 Å². The van der Waals surface area contributed by atoms with Gasteiger partial charge in [-0.15, -0.1) is 0 Å². The predicted octanol–water partition coefficient (Wildman–Crippen LogP) is 4.19. The van der Waals surface area contributed by atoms with E-state index >= 15 is 0 Å². The van der Waals surface area contributed by atoms with Crippen LogP contribution in [0.1, 0.15) is 12.5 Å². The zero-order valence-corrected chi connectivity index (χ0v) is 18.9. The molecule has 1 aromatic heterocycles. The average molecular weight is 449 g/mol. The number of methoxy groups -OCH3 is 1. The number of rotatable bonds is 8.